The van der Waals surface area contributed by atoms with Crippen LogP contribution in [0.15, 0.2) is 97.1 Å². The summed E-state index contributed by atoms with van der Waals surface area (Å²) >= 11 is 0. The lowest BCUT2D eigenvalue weighted by Gasteiger charge is -2.33. The van der Waals surface area contributed by atoms with E-state index in [0.29, 0.717) is 42.6 Å². The van der Waals surface area contributed by atoms with Crippen molar-refractivity contribution in [1.29, 1.82) is 0 Å². The molecule has 0 saturated heterocycles. The number of hydrogen-bond acceptors (Lipinski definition) is 14. The molecule has 4 aromatic carbocycles. The van der Waals surface area contributed by atoms with Crippen LogP contribution in [0.4, 0.5) is 0 Å². The third-order valence-electron chi connectivity index (χ3n) is 12.0. The van der Waals surface area contributed by atoms with E-state index in [9.17, 15) is 0 Å². The Morgan fingerprint density at radius 2 is 0.831 bits per heavy atom. The number of nitrogens with one attached hydrogen (secondary N) is 2. The standard InChI is InChI=1S/C30H41N7O2.C29H39N7O2/c1-9-30(38-20(2)3,39-21(4)5)28-31-26(37(34-28)19-29(6,7)8)18-22-14-16-23(17-15-22)24-12-10-11-13-25(24)27-32-35-36-33-27;1-19(2)37-29(8,38-20(3)4)27-30-25(36(33-27)18-28(5,6)7)17-21-13-15-22(16-14-21)23-11-9-10-12-24(23)26-31-34-35-32-26/h10-17,20-21H,9,18-19H2,1-8H3,(H,32,33,35,36);9-16,19-20H,17-18H2,1-8H3,(H,31,32,34,35). The van der Waals surface area contributed by atoms with Gasteiger partial charge in [0.15, 0.2) is 11.6 Å². The van der Waals surface area contributed by atoms with Gasteiger partial charge in [-0.15, -0.1) is 10.2 Å². The van der Waals surface area contributed by atoms with Crippen LogP contribution < -0.4 is 0 Å². The molecule has 18 nitrogen and oxygen atoms in total. The number of aromatic amines is 2. The highest BCUT2D eigenvalue weighted by Crippen LogP contribution is 2.36. The largest absolute Gasteiger partial charge is 0.341 e. The SMILES string of the molecule is CC(C)OC(C)(OC(C)C)c1nc(Cc2ccc(-c3ccccc3-c3nnn[nH]3)cc2)n(CC(C)(C)C)n1.CCC(OC(C)C)(OC(C)C)c1nc(Cc2ccc(-c3ccccc3-c3nnn[nH]3)cc2)n(CC(C)(C)C)n1. The van der Waals surface area contributed by atoms with Crippen molar-refractivity contribution in [3.05, 3.63) is 131 Å². The van der Waals surface area contributed by atoms with Crippen LogP contribution in [0, 0.1) is 10.8 Å². The Balaban J connectivity index is 0.000000224. The summed E-state index contributed by atoms with van der Waals surface area (Å²) in [7, 11) is 0. The number of benzene rings is 4. The monoisotopic (exact) mass is 1050 g/mol. The molecule has 8 aromatic rings. The molecule has 0 bridgehead atoms. The van der Waals surface area contributed by atoms with Crippen molar-refractivity contribution < 1.29 is 18.9 Å². The molecule has 4 heterocycles. The minimum absolute atomic E-state index is 0.0234. The number of ether oxygens (including phenoxy) is 4. The van der Waals surface area contributed by atoms with Gasteiger partial charge in [0.05, 0.1) is 24.4 Å². The van der Waals surface area contributed by atoms with Gasteiger partial charge >= 0.3 is 0 Å². The first kappa shape index (κ1) is 57.8. The molecule has 0 radical (unpaired) electrons. The van der Waals surface area contributed by atoms with Gasteiger partial charge in [-0.05, 0) is 127 Å². The van der Waals surface area contributed by atoms with Crippen molar-refractivity contribution in [3.8, 4) is 45.0 Å². The number of aromatic nitrogens is 14. The third kappa shape index (κ3) is 15.4. The first-order valence-electron chi connectivity index (χ1n) is 26.9. The zero-order valence-electron chi connectivity index (χ0n) is 48.1. The molecule has 410 valence electrons. The van der Waals surface area contributed by atoms with Gasteiger partial charge in [-0.2, -0.15) is 10.2 Å². The van der Waals surface area contributed by atoms with E-state index in [4.69, 9.17) is 39.1 Å². The van der Waals surface area contributed by atoms with E-state index in [2.05, 4.69) is 150 Å². The van der Waals surface area contributed by atoms with E-state index in [1.165, 1.54) is 0 Å². The number of tetrazole rings is 2. The molecule has 0 spiro atoms. The van der Waals surface area contributed by atoms with Crippen LogP contribution >= 0.6 is 0 Å². The minimum Gasteiger partial charge on any atom is -0.341 e. The summed E-state index contributed by atoms with van der Waals surface area (Å²) in [6.07, 6.45) is 1.72. The molecule has 0 aliphatic carbocycles. The van der Waals surface area contributed by atoms with Crippen LogP contribution in [-0.4, -0.2) is 95.2 Å². The summed E-state index contributed by atoms with van der Waals surface area (Å²) in [5.74, 6) is 2.14. The number of nitrogens with zero attached hydrogens (tertiary/aromatic N) is 12. The van der Waals surface area contributed by atoms with Crippen molar-refractivity contribution >= 4 is 0 Å². The molecule has 0 unspecified atom stereocenters. The Morgan fingerprint density at radius 3 is 1.17 bits per heavy atom. The van der Waals surface area contributed by atoms with Gasteiger partial charge < -0.3 is 18.9 Å². The quantitative estimate of drug-likeness (QED) is 0.0642. The summed E-state index contributed by atoms with van der Waals surface area (Å²) in [4.78, 5) is 10.0. The van der Waals surface area contributed by atoms with Gasteiger partial charge in [-0.1, -0.05) is 146 Å². The Bertz CT molecular complexity index is 3050. The molecule has 0 aliphatic rings. The summed E-state index contributed by atoms with van der Waals surface area (Å²) in [5.41, 5.74) is 8.52. The van der Waals surface area contributed by atoms with Crippen LogP contribution in [-0.2, 0) is 56.5 Å². The molecule has 0 saturated carbocycles. The second kappa shape index (κ2) is 24.6. The molecule has 8 rings (SSSR count). The highest BCUT2D eigenvalue weighted by Gasteiger charge is 2.41. The zero-order chi connectivity index (χ0) is 55.7. The maximum absolute atomic E-state index is 6.36. The van der Waals surface area contributed by atoms with E-state index in [0.717, 1.165) is 69.2 Å². The average molecular weight is 1050 g/mol. The molecule has 18 heteroatoms. The number of H-pyrrole nitrogens is 2. The molecule has 2 N–H and O–H groups in total. The minimum atomic E-state index is -1.04. The van der Waals surface area contributed by atoms with Crippen LogP contribution in [0.3, 0.4) is 0 Å². The Morgan fingerprint density at radius 1 is 0.468 bits per heavy atom. The fourth-order valence-electron chi connectivity index (χ4n) is 9.17. The predicted octanol–water partition coefficient (Wildman–Crippen LogP) is 12.0. The van der Waals surface area contributed by atoms with Gasteiger partial charge in [0.25, 0.3) is 0 Å². The van der Waals surface area contributed by atoms with Crippen molar-refractivity contribution in [2.75, 3.05) is 0 Å². The van der Waals surface area contributed by atoms with Gasteiger partial charge in [-0.25, -0.2) is 29.5 Å². The summed E-state index contributed by atoms with van der Waals surface area (Å²) in [6, 6.07) is 33.2. The highest BCUT2D eigenvalue weighted by molar-refractivity contribution is 5.81. The Hall–Kier alpha value is -6.86. The fraction of sp³-hybridized carbons (Fsp3) is 0.492. The molecule has 77 heavy (non-hydrogen) atoms. The molecule has 0 amide bonds. The van der Waals surface area contributed by atoms with E-state index in [1.54, 1.807) is 0 Å². The van der Waals surface area contributed by atoms with Gasteiger partial charge in [0.2, 0.25) is 23.2 Å². The second-order valence-corrected chi connectivity index (χ2v) is 23.2. The van der Waals surface area contributed by atoms with Crippen molar-refractivity contribution in [2.24, 2.45) is 10.8 Å². The van der Waals surface area contributed by atoms with Gasteiger partial charge in [-0.3, -0.25) is 0 Å². The Kier molecular flexibility index (Phi) is 18.5. The summed E-state index contributed by atoms with van der Waals surface area (Å²) in [5, 5.41) is 38.7. The normalized spacial score (nSPS) is 12.6. The molecule has 0 atom stereocenters. The van der Waals surface area contributed by atoms with Crippen molar-refractivity contribution in [2.45, 2.75) is 179 Å². The molecular weight excluding hydrogens is 969 g/mol. The maximum Gasteiger partial charge on any atom is 0.232 e. The topological polar surface area (TPSA) is 207 Å². The molecule has 0 fully saturated rings. The molecule has 4 aromatic heterocycles. The Labute approximate surface area is 454 Å². The average Bonchev–Trinajstić information content (AvgIpc) is 4.23. The lowest BCUT2D eigenvalue weighted by atomic mass is 9.96. The summed E-state index contributed by atoms with van der Waals surface area (Å²) < 4.78 is 29.2. The maximum atomic E-state index is 6.36. The van der Waals surface area contributed by atoms with E-state index in [1.807, 2.05) is 108 Å². The highest BCUT2D eigenvalue weighted by atomic mass is 16.7. The van der Waals surface area contributed by atoms with E-state index >= 15 is 0 Å². The van der Waals surface area contributed by atoms with Crippen molar-refractivity contribution in [3.63, 3.8) is 0 Å². The van der Waals surface area contributed by atoms with Crippen LogP contribution in [0.1, 0.15) is 152 Å². The first-order valence-corrected chi connectivity index (χ1v) is 26.9. The van der Waals surface area contributed by atoms with Gasteiger partial charge in [0.1, 0.15) is 11.6 Å². The van der Waals surface area contributed by atoms with Crippen LogP contribution in [0.2, 0.25) is 0 Å². The fourth-order valence-corrected chi connectivity index (χ4v) is 9.17. The second-order valence-electron chi connectivity index (χ2n) is 23.2. The van der Waals surface area contributed by atoms with E-state index in [-0.39, 0.29) is 35.2 Å². The number of hydrogen-bond donors (Lipinski definition) is 2. The molecule has 0 aliphatic heterocycles. The first-order chi connectivity index (χ1) is 36.4. The van der Waals surface area contributed by atoms with E-state index < -0.39 is 11.6 Å². The van der Waals surface area contributed by atoms with Gasteiger partial charge in [0, 0.05) is 43.5 Å². The smallest absolute Gasteiger partial charge is 0.232 e. The lowest BCUT2D eigenvalue weighted by Crippen LogP contribution is -2.38. The van der Waals surface area contributed by atoms with Crippen molar-refractivity contribution in [1.82, 2.24) is 70.8 Å². The summed E-state index contributed by atoms with van der Waals surface area (Å²) in [6.45, 7) is 34.7. The number of rotatable bonds is 21. The zero-order valence-corrected chi connectivity index (χ0v) is 48.1. The lowest BCUT2D eigenvalue weighted by molar-refractivity contribution is -0.284. The molecular formula is C59H80N14O4. The predicted molar refractivity (Wildman–Crippen MR) is 299 cm³/mol. The third-order valence-corrected chi connectivity index (χ3v) is 12.0. The van der Waals surface area contributed by atoms with Crippen LogP contribution in [0.25, 0.3) is 45.0 Å². The van der Waals surface area contributed by atoms with Crippen LogP contribution in [0.5, 0.6) is 0 Å².